The molecule has 0 saturated heterocycles. The Morgan fingerprint density at radius 3 is 2.81 bits per heavy atom. The number of hydrogen-bond donors (Lipinski definition) is 1. The maximum atomic E-state index is 11.9. The van der Waals surface area contributed by atoms with E-state index in [0.29, 0.717) is 12.5 Å². The Morgan fingerprint density at radius 1 is 1.43 bits per heavy atom. The van der Waals surface area contributed by atoms with Gasteiger partial charge in [0.15, 0.2) is 0 Å². The fraction of sp³-hybridized carbons (Fsp3) is 0.941. The second-order valence-electron chi connectivity index (χ2n) is 6.40. The number of esters is 1. The first kappa shape index (κ1) is 18.4. The molecule has 0 amide bonds. The number of ether oxygens (including phenoxy) is 2. The van der Waals surface area contributed by atoms with Gasteiger partial charge in [-0.25, -0.2) is 0 Å². The molecule has 3 unspecified atom stereocenters. The van der Waals surface area contributed by atoms with Gasteiger partial charge in [-0.05, 0) is 37.5 Å². The van der Waals surface area contributed by atoms with E-state index >= 15 is 0 Å². The van der Waals surface area contributed by atoms with Crippen molar-refractivity contribution in [3.8, 4) is 0 Å². The lowest BCUT2D eigenvalue weighted by molar-refractivity contribution is -0.148. The number of nitrogens with two attached hydrogens (primary N) is 1. The summed E-state index contributed by atoms with van der Waals surface area (Å²) in [5, 5.41) is 0. The molecule has 0 spiro atoms. The van der Waals surface area contributed by atoms with Crippen LogP contribution < -0.4 is 5.73 Å². The Hall–Kier alpha value is -0.610. The van der Waals surface area contributed by atoms with Crippen molar-refractivity contribution in [1.82, 2.24) is 0 Å². The number of carbonyl (C=O) groups excluding carboxylic acids is 1. The highest BCUT2D eigenvalue weighted by Gasteiger charge is 2.46. The lowest BCUT2D eigenvalue weighted by Gasteiger charge is -2.28. The summed E-state index contributed by atoms with van der Waals surface area (Å²) in [6, 6.07) is 0. The van der Waals surface area contributed by atoms with Crippen LogP contribution in [0.4, 0.5) is 0 Å². The predicted octanol–water partition coefficient (Wildman–Crippen LogP) is 3.28. The maximum absolute atomic E-state index is 11.9. The monoisotopic (exact) mass is 299 g/mol. The van der Waals surface area contributed by atoms with E-state index in [4.69, 9.17) is 15.2 Å². The van der Waals surface area contributed by atoms with E-state index < -0.39 is 5.54 Å². The van der Waals surface area contributed by atoms with Gasteiger partial charge in [0.1, 0.15) is 5.54 Å². The Morgan fingerprint density at radius 2 is 2.19 bits per heavy atom. The van der Waals surface area contributed by atoms with Gasteiger partial charge in [-0.3, -0.25) is 4.79 Å². The van der Waals surface area contributed by atoms with Gasteiger partial charge in [-0.15, -0.1) is 0 Å². The van der Waals surface area contributed by atoms with Gasteiger partial charge in [-0.1, -0.05) is 39.5 Å². The fourth-order valence-corrected chi connectivity index (χ4v) is 3.34. The van der Waals surface area contributed by atoms with Crippen molar-refractivity contribution in [2.24, 2.45) is 17.6 Å². The number of unbranched alkanes of at least 4 members (excludes halogenated alkanes) is 1. The second-order valence-corrected chi connectivity index (χ2v) is 6.40. The van der Waals surface area contributed by atoms with Crippen LogP contribution in [0.5, 0.6) is 0 Å². The SMILES string of the molecule is CCCCC(CC)COCCC1CCCC1(N)C(=O)OC. The summed E-state index contributed by atoms with van der Waals surface area (Å²) in [6.45, 7) is 5.98. The molecule has 4 heteroatoms. The minimum atomic E-state index is -0.787. The number of carbonyl (C=O) groups is 1. The van der Waals surface area contributed by atoms with Crippen LogP contribution in [0.15, 0.2) is 0 Å². The van der Waals surface area contributed by atoms with Crippen LogP contribution in [0.25, 0.3) is 0 Å². The smallest absolute Gasteiger partial charge is 0.326 e. The van der Waals surface area contributed by atoms with Crippen LogP contribution in [0, 0.1) is 11.8 Å². The number of methoxy groups -OCH3 is 1. The first-order valence-corrected chi connectivity index (χ1v) is 8.53. The van der Waals surface area contributed by atoms with Gasteiger partial charge >= 0.3 is 5.97 Å². The zero-order valence-corrected chi connectivity index (χ0v) is 14.0. The maximum Gasteiger partial charge on any atom is 0.326 e. The first-order valence-electron chi connectivity index (χ1n) is 8.53. The molecule has 1 aliphatic carbocycles. The molecule has 21 heavy (non-hydrogen) atoms. The largest absolute Gasteiger partial charge is 0.468 e. The third-order valence-electron chi connectivity index (χ3n) is 4.94. The van der Waals surface area contributed by atoms with Crippen molar-refractivity contribution < 1.29 is 14.3 Å². The number of rotatable bonds is 10. The molecular weight excluding hydrogens is 266 g/mol. The lowest BCUT2D eigenvalue weighted by Crippen LogP contribution is -2.51. The molecule has 4 nitrogen and oxygen atoms in total. The van der Waals surface area contributed by atoms with Crippen LogP contribution in [-0.2, 0) is 14.3 Å². The Bertz CT molecular complexity index is 308. The van der Waals surface area contributed by atoms with Gasteiger partial charge in [0.2, 0.25) is 0 Å². The summed E-state index contributed by atoms with van der Waals surface area (Å²) < 4.78 is 10.7. The first-order chi connectivity index (χ1) is 10.1. The minimum Gasteiger partial charge on any atom is -0.468 e. The average molecular weight is 299 g/mol. The normalized spacial score (nSPS) is 26.8. The fourth-order valence-electron chi connectivity index (χ4n) is 3.34. The van der Waals surface area contributed by atoms with E-state index in [1.54, 1.807) is 0 Å². The average Bonchev–Trinajstić information content (AvgIpc) is 2.88. The minimum absolute atomic E-state index is 0.195. The van der Waals surface area contributed by atoms with E-state index in [1.165, 1.54) is 32.8 Å². The zero-order valence-electron chi connectivity index (χ0n) is 14.0. The van der Waals surface area contributed by atoms with Crippen LogP contribution in [0.2, 0.25) is 0 Å². The summed E-state index contributed by atoms with van der Waals surface area (Å²) in [5.41, 5.74) is 5.47. The topological polar surface area (TPSA) is 61.5 Å². The van der Waals surface area contributed by atoms with Crippen molar-refractivity contribution in [1.29, 1.82) is 0 Å². The molecular formula is C17H33NO3. The van der Waals surface area contributed by atoms with E-state index in [9.17, 15) is 4.79 Å². The third-order valence-corrected chi connectivity index (χ3v) is 4.94. The summed E-state index contributed by atoms with van der Waals surface area (Å²) in [6.07, 6.45) is 8.54. The Labute approximate surface area is 129 Å². The summed E-state index contributed by atoms with van der Waals surface area (Å²) in [5.74, 6) is 0.594. The predicted molar refractivity (Wildman–Crippen MR) is 85.0 cm³/mol. The molecule has 0 heterocycles. The highest BCUT2D eigenvalue weighted by atomic mass is 16.5. The van der Waals surface area contributed by atoms with E-state index in [-0.39, 0.29) is 11.9 Å². The summed E-state index contributed by atoms with van der Waals surface area (Å²) in [4.78, 5) is 11.9. The van der Waals surface area contributed by atoms with E-state index in [2.05, 4.69) is 13.8 Å². The molecule has 0 aliphatic heterocycles. The molecule has 1 saturated carbocycles. The standard InChI is InChI=1S/C17H33NO3/c1-4-6-8-14(5-2)13-21-12-10-15-9-7-11-17(15,18)16(19)20-3/h14-15H,4-13,18H2,1-3H3. The van der Waals surface area contributed by atoms with Gasteiger partial charge in [0.05, 0.1) is 7.11 Å². The zero-order chi connectivity index (χ0) is 15.7. The molecule has 1 rings (SSSR count). The van der Waals surface area contributed by atoms with E-state index in [1.807, 2.05) is 0 Å². The van der Waals surface area contributed by atoms with Gasteiger partial charge in [0, 0.05) is 13.2 Å². The number of hydrogen-bond acceptors (Lipinski definition) is 4. The quantitative estimate of drug-likeness (QED) is 0.497. The lowest BCUT2D eigenvalue weighted by atomic mass is 9.86. The summed E-state index contributed by atoms with van der Waals surface area (Å²) in [7, 11) is 1.42. The molecule has 1 aliphatic rings. The van der Waals surface area contributed by atoms with Crippen molar-refractivity contribution in [3.63, 3.8) is 0 Å². The molecule has 0 aromatic heterocycles. The van der Waals surface area contributed by atoms with Gasteiger partial charge < -0.3 is 15.2 Å². The highest BCUT2D eigenvalue weighted by Crippen LogP contribution is 2.36. The molecule has 1 fully saturated rings. The Balaban J connectivity index is 2.29. The van der Waals surface area contributed by atoms with Crippen LogP contribution in [0.3, 0.4) is 0 Å². The molecule has 124 valence electrons. The van der Waals surface area contributed by atoms with Crippen molar-refractivity contribution in [2.45, 2.75) is 70.8 Å². The molecule has 0 aromatic rings. The highest BCUT2D eigenvalue weighted by molar-refractivity contribution is 5.81. The van der Waals surface area contributed by atoms with Crippen LogP contribution >= 0.6 is 0 Å². The van der Waals surface area contributed by atoms with Crippen molar-refractivity contribution in [3.05, 3.63) is 0 Å². The Kier molecular flexibility index (Phi) is 8.27. The van der Waals surface area contributed by atoms with E-state index in [0.717, 1.165) is 32.3 Å². The molecule has 0 radical (unpaired) electrons. The van der Waals surface area contributed by atoms with Gasteiger partial charge in [0.25, 0.3) is 0 Å². The molecule has 3 atom stereocenters. The van der Waals surface area contributed by atoms with Gasteiger partial charge in [-0.2, -0.15) is 0 Å². The van der Waals surface area contributed by atoms with Crippen LogP contribution in [-0.4, -0.2) is 31.8 Å². The molecule has 0 bridgehead atoms. The third kappa shape index (κ3) is 5.26. The molecule has 0 aromatic carbocycles. The molecule has 2 N–H and O–H groups in total. The summed E-state index contributed by atoms with van der Waals surface area (Å²) >= 11 is 0. The second kappa shape index (κ2) is 9.42. The van der Waals surface area contributed by atoms with Crippen LogP contribution in [0.1, 0.15) is 65.2 Å². The van der Waals surface area contributed by atoms with Crippen molar-refractivity contribution in [2.75, 3.05) is 20.3 Å². The van der Waals surface area contributed by atoms with Crippen molar-refractivity contribution >= 4 is 5.97 Å².